The lowest BCUT2D eigenvalue weighted by Crippen LogP contribution is -2.08. The van der Waals surface area contributed by atoms with E-state index in [1.54, 1.807) is 24.5 Å². The fraction of sp³-hybridized carbons (Fsp3) is 0.167. The van der Waals surface area contributed by atoms with Crippen LogP contribution in [0.1, 0.15) is 6.42 Å². The van der Waals surface area contributed by atoms with Crippen molar-refractivity contribution >= 4 is 40.7 Å². The summed E-state index contributed by atoms with van der Waals surface area (Å²) in [4.78, 5) is 13.1. The van der Waals surface area contributed by atoms with Crippen LogP contribution in [0.5, 0.6) is 0 Å². The van der Waals surface area contributed by atoms with Crippen LogP contribution in [0.15, 0.2) is 48.8 Å². The average Bonchev–Trinajstić information content (AvgIpc) is 2.66. The predicted octanol–water partition coefficient (Wildman–Crippen LogP) is 4.38. The Morgan fingerprint density at radius 3 is 2.73 bits per heavy atom. The van der Waals surface area contributed by atoms with Crippen molar-refractivity contribution in [2.24, 2.45) is 0 Å². The van der Waals surface area contributed by atoms with Gasteiger partial charge in [-0.05, 0) is 30.7 Å². The molecular formula is C18H17Cl2N5O. The molecular weight excluding hydrogens is 373 g/mol. The summed E-state index contributed by atoms with van der Waals surface area (Å²) in [5.74, 6) is 1.01. The Balaban J connectivity index is 1.95. The van der Waals surface area contributed by atoms with Gasteiger partial charge < -0.3 is 15.7 Å². The molecule has 0 bridgehead atoms. The number of pyridine rings is 1. The maximum absolute atomic E-state index is 8.95. The van der Waals surface area contributed by atoms with Gasteiger partial charge in [0.1, 0.15) is 5.82 Å². The molecule has 134 valence electrons. The first-order chi connectivity index (χ1) is 12.7. The maximum atomic E-state index is 8.95. The molecule has 3 aromatic rings. The summed E-state index contributed by atoms with van der Waals surface area (Å²) in [5.41, 5.74) is 2.22. The highest BCUT2D eigenvalue weighted by Crippen LogP contribution is 2.32. The number of anilines is 3. The van der Waals surface area contributed by atoms with E-state index in [1.165, 1.54) is 0 Å². The van der Waals surface area contributed by atoms with Gasteiger partial charge in [0.2, 0.25) is 5.95 Å². The minimum absolute atomic E-state index is 0.0958. The molecule has 0 amide bonds. The van der Waals surface area contributed by atoms with Gasteiger partial charge in [0.15, 0.2) is 0 Å². The van der Waals surface area contributed by atoms with Gasteiger partial charge in [-0.2, -0.15) is 4.98 Å². The zero-order chi connectivity index (χ0) is 18.4. The molecule has 6 nitrogen and oxygen atoms in total. The highest BCUT2D eigenvalue weighted by Gasteiger charge is 2.10. The van der Waals surface area contributed by atoms with E-state index in [0.29, 0.717) is 46.2 Å². The molecule has 0 radical (unpaired) electrons. The standard InChI is InChI=1S/C18H17Cl2N5O/c19-13-5-1-6-14(17(13)20)23-16-10-15(12-4-2-7-21-11-12)24-18(25-16)22-8-3-9-26/h1-2,4-7,10-11,26H,3,8-9H2,(H2,22,23,24,25). The Kier molecular flexibility index (Phi) is 6.22. The van der Waals surface area contributed by atoms with E-state index in [9.17, 15) is 0 Å². The molecule has 0 saturated carbocycles. The van der Waals surface area contributed by atoms with Gasteiger partial charge in [-0.25, -0.2) is 4.98 Å². The van der Waals surface area contributed by atoms with Crippen LogP contribution in [0, 0.1) is 0 Å². The second-order valence-corrected chi connectivity index (χ2v) is 6.22. The van der Waals surface area contributed by atoms with Crippen molar-refractivity contribution in [3.8, 4) is 11.3 Å². The van der Waals surface area contributed by atoms with E-state index in [0.717, 1.165) is 5.56 Å². The minimum Gasteiger partial charge on any atom is -0.396 e. The first-order valence-electron chi connectivity index (χ1n) is 8.02. The fourth-order valence-corrected chi connectivity index (χ4v) is 2.62. The Bertz CT molecular complexity index is 877. The molecule has 8 heteroatoms. The monoisotopic (exact) mass is 389 g/mol. The van der Waals surface area contributed by atoms with E-state index in [2.05, 4.69) is 25.6 Å². The highest BCUT2D eigenvalue weighted by atomic mass is 35.5. The normalized spacial score (nSPS) is 10.6. The van der Waals surface area contributed by atoms with Crippen LogP contribution in [-0.2, 0) is 0 Å². The molecule has 0 aliphatic carbocycles. The zero-order valence-electron chi connectivity index (χ0n) is 13.8. The van der Waals surface area contributed by atoms with Gasteiger partial charge in [-0.15, -0.1) is 0 Å². The van der Waals surface area contributed by atoms with Crippen LogP contribution in [0.4, 0.5) is 17.5 Å². The van der Waals surface area contributed by atoms with Crippen LogP contribution in [-0.4, -0.2) is 33.2 Å². The summed E-state index contributed by atoms with van der Waals surface area (Å²) in [6.07, 6.45) is 4.04. The van der Waals surface area contributed by atoms with Crippen LogP contribution in [0.2, 0.25) is 10.0 Å². The number of rotatable bonds is 7. The third-order valence-electron chi connectivity index (χ3n) is 3.52. The van der Waals surface area contributed by atoms with Crippen LogP contribution < -0.4 is 10.6 Å². The number of hydrogen-bond acceptors (Lipinski definition) is 6. The SMILES string of the molecule is OCCCNc1nc(Nc2cccc(Cl)c2Cl)cc(-c2cccnc2)n1. The molecule has 3 N–H and O–H groups in total. The van der Waals surface area contributed by atoms with Gasteiger partial charge >= 0.3 is 0 Å². The minimum atomic E-state index is 0.0958. The predicted molar refractivity (Wildman–Crippen MR) is 105 cm³/mol. The van der Waals surface area contributed by atoms with Gasteiger partial charge in [0, 0.05) is 37.2 Å². The number of hydrogen-bond donors (Lipinski definition) is 3. The first kappa shape index (κ1) is 18.4. The zero-order valence-corrected chi connectivity index (χ0v) is 15.3. The number of nitrogens with zero attached hydrogens (tertiary/aromatic N) is 3. The molecule has 0 spiro atoms. The van der Waals surface area contributed by atoms with E-state index >= 15 is 0 Å². The molecule has 2 heterocycles. The van der Waals surface area contributed by atoms with Crippen LogP contribution >= 0.6 is 23.2 Å². The molecule has 2 aromatic heterocycles. The second-order valence-electron chi connectivity index (χ2n) is 5.43. The van der Waals surface area contributed by atoms with Crippen molar-refractivity contribution in [3.05, 3.63) is 58.8 Å². The molecule has 3 rings (SSSR count). The van der Waals surface area contributed by atoms with Crippen molar-refractivity contribution < 1.29 is 5.11 Å². The van der Waals surface area contributed by atoms with Crippen molar-refractivity contribution in [1.82, 2.24) is 15.0 Å². The summed E-state index contributed by atoms with van der Waals surface area (Å²) >= 11 is 12.3. The molecule has 0 fully saturated rings. The molecule has 26 heavy (non-hydrogen) atoms. The Morgan fingerprint density at radius 1 is 1.08 bits per heavy atom. The van der Waals surface area contributed by atoms with Gasteiger partial charge in [0.25, 0.3) is 0 Å². The molecule has 0 aliphatic rings. The molecule has 0 saturated heterocycles. The van der Waals surface area contributed by atoms with Crippen molar-refractivity contribution in [3.63, 3.8) is 0 Å². The van der Waals surface area contributed by atoms with E-state index in [-0.39, 0.29) is 6.61 Å². The lowest BCUT2D eigenvalue weighted by molar-refractivity contribution is 0.292. The molecule has 0 unspecified atom stereocenters. The van der Waals surface area contributed by atoms with Crippen molar-refractivity contribution in [2.45, 2.75) is 6.42 Å². The van der Waals surface area contributed by atoms with E-state index in [4.69, 9.17) is 28.3 Å². The fourth-order valence-electron chi connectivity index (χ4n) is 2.27. The lowest BCUT2D eigenvalue weighted by Gasteiger charge is -2.12. The molecule has 0 aliphatic heterocycles. The first-order valence-corrected chi connectivity index (χ1v) is 8.78. The summed E-state index contributed by atoms with van der Waals surface area (Å²) < 4.78 is 0. The molecule has 1 aromatic carbocycles. The number of aliphatic hydroxyl groups is 1. The second kappa shape index (κ2) is 8.80. The Labute approximate surface area is 161 Å². The average molecular weight is 390 g/mol. The quantitative estimate of drug-likeness (QED) is 0.520. The maximum Gasteiger partial charge on any atom is 0.225 e. The highest BCUT2D eigenvalue weighted by molar-refractivity contribution is 6.43. The summed E-state index contributed by atoms with van der Waals surface area (Å²) in [5, 5.41) is 16.1. The number of halogens is 2. The third-order valence-corrected chi connectivity index (χ3v) is 4.33. The van der Waals surface area contributed by atoms with E-state index in [1.807, 2.05) is 24.3 Å². The smallest absolute Gasteiger partial charge is 0.225 e. The Hall–Kier alpha value is -2.41. The van der Waals surface area contributed by atoms with Gasteiger partial charge in [0.05, 0.1) is 21.4 Å². The topological polar surface area (TPSA) is 83.0 Å². The van der Waals surface area contributed by atoms with Crippen LogP contribution in [0.25, 0.3) is 11.3 Å². The summed E-state index contributed by atoms with van der Waals surface area (Å²) in [7, 11) is 0. The Morgan fingerprint density at radius 2 is 1.96 bits per heavy atom. The summed E-state index contributed by atoms with van der Waals surface area (Å²) in [6.45, 7) is 0.656. The third kappa shape index (κ3) is 4.60. The number of nitrogens with one attached hydrogen (secondary N) is 2. The van der Waals surface area contributed by atoms with Crippen molar-refractivity contribution in [1.29, 1.82) is 0 Å². The van der Waals surface area contributed by atoms with E-state index < -0.39 is 0 Å². The van der Waals surface area contributed by atoms with Gasteiger partial charge in [-0.3, -0.25) is 4.98 Å². The number of aliphatic hydroxyl groups excluding tert-OH is 1. The van der Waals surface area contributed by atoms with Crippen molar-refractivity contribution in [2.75, 3.05) is 23.8 Å². The number of aromatic nitrogens is 3. The number of benzene rings is 1. The largest absolute Gasteiger partial charge is 0.396 e. The van der Waals surface area contributed by atoms with Crippen LogP contribution in [0.3, 0.4) is 0 Å². The van der Waals surface area contributed by atoms with Gasteiger partial charge in [-0.1, -0.05) is 29.3 Å². The summed E-state index contributed by atoms with van der Waals surface area (Å²) in [6, 6.07) is 10.9. The molecule has 0 atom stereocenters. The lowest BCUT2D eigenvalue weighted by atomic mass is 10.2.